The van der Waals surface area contributed by atoms with Crippen LogP contribution in [0.1, 0.15) is 76.2 Å². The van der Waals surface area contributed by atoms with Gasteiger partial charge in [0.1, 0.15) is 5.75 Å². The maximum atomic E-state index is 13.2. The van der Waals surface area contributed by atoms with Crippen molar-refractivity contribution >= 4 is 10.9 Å². The van der Waals surface area contributed by atoms with Crippen LogP contribution in [0.2, 0.25) is 0 Å². The Hall–Kier alpha value is -2.78. The number of hydrogen-bond acceptors (Lipinski definition) is 7. The van der Waals surface area contributed by atoms with Gasteiger partial charge >= 0.3 is 0 Å². The lowest BCUT2D eigenvalue weighted by Crippen LogP contribution is -2.43. The van der Waals surface area contributed by atoms with Gasteiger partial charge in [-0.25, -0.2) is 4.68 Å². The van der Waals surface area contributed by atoms with Crippen molar-refractivity contribution in [2.75, 3.05) is 13.7 Å². The monoisotopic (exact) mass is 494 g/mol. The Balaban J connectivity index is 1.50. The second kappa shape index (κ2) is 11.1. The third kappa shape index (κ3) is 5.32. The molecule has 1 N–H and O–H groups in total. The molecule has 2 unspecified atom stereocenters. The molecule has 1 saturated heterocycles. The quantitative estimate of drug-likeness (QED) is 0.475. The smallest absolute Gasteiger partial charge is 0.252 e. The van der Waals surface area contributed by atoms with Crippen LogP contribution < -0.4 is 10.3 Å². The number of H-pyrrole nitrogens is 1. The van der Waals surface area contributed by atoms with Crippen molar-refractivity contribution in [3.8, 4) is 5.75 Å². The van der Waals surface area contributed by atoms with Crippen molar-refractivity contribution in [2.24, 2.45) is 5.92 Å². The van der Waals surface area contributed by atoms with Gasteiger partial charge in [-0.15, -0.1) is 5.10 Å². The van der Waals surface area contributed by atoms with E-state index in [4.69, 9.17) is 9.47 Å². The fourth-order valence-electron chi connectivity index (χ4n) is 5.90. The SMILES string of the molecule is COc1ccc2cc(CN(C3CCCCC3)C(c3nnnn3CC3CCCO3)C(C)C)c(=O)[nH]c2c1. The Labute approximate surface area is 212 Å². The summed E-state index contributed by atoms with van der Waals surface area (Å²) in [5.41, 5.74) is 1.49. The van der Waals surface area contributed by atoms with E-state index in [-0.39, 0.29) is 23.6 Å². The number of fused-ring (bicyclic) bond motifs is 1. The third-order valence-corrected chi connectivity index (χ3v) is 7.74. The topological polar surface area (TPSA) is 98.2 Å². The van der Waals surface area contributed by atoms with Gasteiger partial charge in [-0.1, -0.05) is 33.1 Å². The molecule has 3 heterocycles. The predicted molar refractivity (Wildman–Crippen MR) is 138 cm³/mol. The van der Waals surface area contributed by atoms with Crippen LogP contribution in [0.4, 0.5) is 0 Å². The van der Waals surface area contributed by atoms with Crippen molar-refractivity contribution in [3.63, 3.8) is 0 Å². The first-order valence-corrected chi connectivity index (χ1v) is 13.4. The molecule has 1 aliphatic heterocycles. The van der Waals surface area contributed by atoms with Gasteiger partial charge in [0.05, 0.1) is 31.3 Å². The van der Waals surface area contributed by atoms with Gasteiger partial charge in [0.25, 0.3) is 5.56 Å². The fraction of sp³-hybridized carbons (Fsp3) is 0.630. The molecule has 36 heavy (non-hydrogen) atoms. The fourth-order valence-corrected chi connectivity index (χ4v) is 5.90. The lowest BCUT2D eigenvalue weighted by atomic mass is 9.90. The molecule has 2 aromatic heterocycles. The van der Waals surface area contributed by atoms with Crippen molar-refractivity contribution in [1.29, 1.82) is 0 Å². The Morgan fingerprint density at radius 2 is 2.00 bits per heavy atom. The normalized spacial score (nSPS) is 20.0. The minimum absolute atomic E-state index is 0.00420. The first-order valence-electron chi connectivity index (χ1n) is 13.4. The van der Waals surface area contributed by atoms with Gasteiger partial charge in [0.2, 0.25) is 0 Å². The maximum absolute atomic E-state index is 13.2. The van der Waals surface area contributed by atoms with Gasteiger partial charge in [0, 0.05) is 30.8 Å². The van der Waals surface area contributed by atoms with Crippen LogP contribution in [-0.4, -0.2) is 56.0 Å². The highest BCUT2D eigenvalue weighted by Gasteiger charge is 2.35. The molecular formula is C27H38N6O3. The average Bonchev–Trinajstić information content (AvgIpc) is 3.57. The Bertz CT molecular complexity index is 1210. The first kappa shape index (κ1) is 24.9. The summed E-state index contributed by atoms with van der Waals surface area (Å²) in [7, 11) is 1.63. The first-order chi connectivity index (χ1) is 17.5. The second-order valence-corrected chi connectivity index (χ2v) is 10.6. The van der Waals surface area contributed by atoms with Gasteiger partial charge in [-0.05, 0) is 65.6 Å². The van der Waals surface area contributed by atoms with E-state index in [9.17, 15) is 4.79 Å². The average molecular weight is 495 g/mol. The number of nitrogens with zero attached hydrogens (tertiary/aromatic N) is 5. The zero-order valence-corrected chi connectivity index (χ0v) is 21.7. The summed E-state index contributed by atoms with van der Waals surface area (Å²) in [5.74, 6) is 1.87. The molecule has 9 nitrogen and oxygen atoms in total. The number of pyridine rings is 1. The Morgan fingerprint density at radius 1 is 1.17 bits per heavy atom. The molecule has 0 spiro atoms. The number of hydrogen-bond donors (Lipinski definition) is 1. The van der Waals surface area contributed by atoms with Crippen LogP contribution in [0, 0.1) is 5.92 Å². The standard InChI is InChI=1S/C27H38N6O3/c1-18(2)25(26-29-30-31-33(26)17-23-10-7-13-36-23)32(21-8-5-4-6-9-21)16-20-14-19-11-12-22(35-3)15-24(19)28-27(20)34/h11-12,14-15,18,21,23,25H,4-10,13,16-17H2,1-3H3,(H,28,34). The van der Waals surface area contributed by atoms with E-state index in [2.05, 4.69) is 39.3 Å². The highest BCUT2D eigenvalue weighted by atomic mass is 16.5. The molecule has 1 saturated carbocycles. The number of nitrogens with one attached hydrogen (secondary N) is 1. The summed E-state index contributed by atoms with van der Waals surface area (Å²) in [6, 6.07) is 8.20. The molecule has 1 aliphatic carbocycles. The van der Waals surface area contributed by atoms with Crippen LogP contribution >= 0.6 is 0 Å². The van der Waals surface area contributed by atoms with Crippen molar-refractivity contribution in [2.45, 2.75) is 90.1 Å². The van der Waals surface area contributed by atoms with Crippen LogP contribution in [0.15, 0.2) is 29.1 Å². The minimum atomic E-state index is -0.0574. The summed E-state index contributed by atoms with van der Waals surface area (Å²) in [6.07, 6.45) is 8.21. The highest BCUT2D eigenvalue weighted by Crippen LogP contribution is 2.35. The summed E-state index contributed by atoms with van der Waals surface area (Å²) in [4.78, 5) is 18.8. The molecule has 2 fully saturated rings. The largest absolute Gasteiger partial charge is 0.497 e. The lowest BCUT2D eigenvalue weighted by molar-refractivity contribution is 0.0553. The number of aromatic nitrogens is 5. The molecule has 0 amide bonds. The number of ether oxygens (including phenoxy) is 2. The van der Waals surface area contributed by atoms with Gasteiger partial charge in [0.15, 0.2) is 5.82 Å². The zero-order chi connectivity index (χ0) is 25.1. The van der Waals surface area contributed by atoms with Gasteiger partial charge in [-0.2, -0.15) is 0 Å². The Morgan fingerprint density at radius 3 is 2.72 bits per heavy atom. The Kier molecular flexibility index (Phi) is 7.67. The van der Waals surface area contributed by atoms with Crippen molar-refractivity contribution in [3.05, 3.63) is 46.0 Å². The molecule has 0 bridgehead atoms. The van der Waals surface area contributed by atoms with E-state index < -0.39 is 0 Å². The van der Waals surface area contributed by atoms with Crippen molar-refractivity contribution < 1.29 is 9.47 Å². The lowest BCUT2D eigenvalue weighted by Gasteiger charge is -2.41. The molecule has 0 radical (unpaired) electrons. The summed E-state index contributed by atoms with van der Waals surface area (Å²) in [5, 5.41) is 14.0. The van der Waals surface area contributed by atoms with Crippen molar-refractivity contribution in [1.82, 2.24) is 30.1 Å². The summed E-state index contributed by atoms with van der Waals surface area (Å²) < 4.78 is 13.2. The highest BCUT2D eigenvalue weighted by molar-refractivity contribution is 5.80. The predicted octanol–water partition coefficient (Wildman–Crippen LogP) is 4.23. The van der Waals surface area contributed by atoms with Gasteiger partial charge in [-0.3, -0.25) is 9.69 Å². The summed E-state index contributed by atoms with van der Waals surface area (Å²) in [6.45, 7) is 6.48. The number of benzene rings is 1. The molecule has 3 aromatic rings. The summed E-state index contributed by atoms with van der Waals surface area (Å²) >= 11 is 0. The zero-order valence-electron chi connectivity index (χ0n) is 21.7. The number of methoxy groups -OCH3 is 1. The maximum Gasteiger partial charge on any atom is 0.252 e. The van der Waals surface area contributed by atoms with Gasteiger partial charge < -0.3 is 14.5 Å². The van der Waals surface area contributed by atoms with Crippen LogP contribution in [0.25, 0.3) is 10.9 Å². The van der Waals surface area contributed by atoms with E-state index in [1.54, 1.807) is 7.11 Å². The molecule has 9 heteroatoms. The number of rotatable bonds is 9. The molecule has 1 aromatic carbocycles. The molecule has 2 aliphatic rings. The molecular weight excluding hydrogens is 456 g/mol. The van der Waals surface area contributed by atoms with E-state index >= 15 is 0 Å². The minimum Gasteiger partial charge on any atom is -0.497 e. The number of aromatic amines is 1. The van der Waals surface area contributed by atoms with E-state index in [1.165, 1.54) is 19.3 Å². The molecule has 2 atom stereocenters. The third-order valence-electron chi connectivity index (χ3n) is 7.74. The number of tetrazole rings is 1. The van der Waals surface area contributed by atoms with Crippen LogP contribution in [-0.2, 0) is 17.8 Å². The molecule has 5 rings (SSSR count). The van der Waals surface area contributed by atoms with E-state index in [1.807, 2.05) is 28.9 Å². The van der Waals surface area contributed by atoms with E-state index in [0.717, 1.165) is 60.3 Å². The van der Waals surface area contributed by atoms with E-state index in [0.29, 0.717) is 19.1 Å². The van der Waals surface area contributed by atoms with Crippen LogP contribution in [0.3, 0.4) is 0 Å². The van der Waals surface area contributed by atoms with Crippen LogP contribution in [0.5, 0.6) is 5.75 Å². The molecule has 194 valence electrons. The second-order valence-electron chi connectivity index (χ2n) is 10.6.